The molecule has 0 radical (unpaired) electrons. The molecule has 1 atom stereocenters. The maximum absolute atomic E-state index is 12.3. The highest BCUT2D eigenvalue weighted by Crippen LogP contribution is 2.27. The summed E-state index contributed by atoms with van der Waals surface area (Å²) >= 11 is 8.38. The van der Waals surface area contributed by atoms with Crippen LogP contribution in [0.25, 0.3) is 0 Å². The van der Waals surface area contributed by atoms with Crippen molar-refractivity contribution in [1.82, 2.24) is 4.72 Å². The molecule has 1 unspecified atom stereocenters. The third-order valence-electron chi connectivity index (χ3n) is 2.66. The summed E-state index contributed by atoms with van der Waals surface area (Å²) in [5.74, 6) is 1.98. The van der Waals surface area contributed by atoms with E-state index in [1.165, 1.54) is 0 Å². The largest absolute Gasteiger partial charge is 0.242 e. The molecule has 1 aliphatic heterocycles. The Morgan fingerprint density at radius 3 is 2.78 bits per heavy atom. The minimum absolute atomic E-state index is 0.0413. The predicted octanol–water partition coefficient (Wildman–Crippen LogP) is 3.39. The van der Waals surface area contributed by atoms with E-state index in [2.05, 4.69) is 36.6 Å². The van der Waals surface area contributed by atoms with E-state index in [1.807, 2.05) is 0 Å². The van der Waals surface area contributed by atoms with Crippen LogP contribution in [0.3, 0.4) is 0 Å². The molecule has 1 fully saturated rings. The molecule has 0 aromatic heterocycles. The van der Waals surface area contributed by atoms with E-state index in [9.17, 15) is 8.42 Å². The van der Waals surface area contributed by atoms with Crippen molar-refractivity contribution < 1.29 is 8.42 Å². The fourth-order valence-corrected chi connectivity index (χ4v) is 5.75. The SMILES string of the molecule is O=S(=O)(NC1CCCSC1)c1cc(Br)ccc1Br. The van der Waals surface area contributed by atoms with Gasteiger partial charge in [0.15, 0.2) is 0 Å². The molecule has 1 heterocycles. The van der Waals surface area contributed by atoms with Crippen LogP contribution in [-0.4, -0.2) is 26.0 Å². The van der Waals surface area contributed by atoms with Crippen molar-refractivity contribution in [2.75, 3.05) is 11.5 Å². The predicted molar refractivity (Wildman–Crippen MR) is 82.5 cm³/mol. The lowest BCUT2D eigenvalue weighted by Gasteiger charge is -2.22. The molecule has 1 aliphatic rings. The first-order valence-electron chi connectivity index (χ1n) is 5.54. The van der Waals surface area contributed by atoms with Gasteiger partial charge in [-0.15, -0.1) is 0 Å². The molecule has 0 spiro atoms. The monoisotopic (exact) mass is 413 g/mol. The second kappa shape index (κ2) is 6.26. The molecule has 0 saturated carbocycles. The van der Waals surface area contributed by atoms with Gasteiger partial charge in [0.05, 0.1) is 4.90 Å². The van der Waals surface area contributed by atoms with E-state index < -0.39 is 10.0 Å². The molecular formula is C11H13Br2NO2S2. The second-order valence-electron chi connectivity index (χ2n) is 4.11. The maximum Gasteiger partial charge on any atom is 0.242 e. The molecule has 1 aromatic rings. The lowest BCUT2D eigenvalue weighted by atomic mass is 10.2. The van der Waals surface area contributed by atoms with Crippen molar-refractivity contribution in [1.29, 1.82) is 0 Å². The molecule has 1 saturated heterocycles. The zero-order valence-electron chi connectivity index (χ0n) is 9.53. The first-order chi connectivity index (χ1) is 8.49. The highest BCUT2D eigenvalue weighted by molar-refractivity contribution is 9.11. The topological polar surface area (TPSA) is 46.2 Å². The minimum Gasteiger partial charge on any atom is -0.207 e. The number of benzene rings is 1. The third kappa shape index (κ3) is 3.72. The number of hydrogen-bond acceptors (Lipinski definition) is 3. The van der Waals surface area contributed by atoms with E-state index in [1.54, 1.807) is 30.0 Å². The molecule has 0 bridgehead atoms. The normalized spacial score (nSPS) is 20.9. The van der Waals surface area contributed by atoms with E-state index >= 15 is 0 Å². The van der Waals surface area contributed by atoms with E-state index in [-0.39, 0.29) is 10.9 Å². The summed E-state index contributed by atoms with van der Waals surface area (Å²) in [6.45, 7) is 0. The Morgan fingerprint density at radius 1 is 1.33 bits per heavy atom. The van der Waals surface area contributed by atoms with Crippen LogP contribution in [0.4, 0.5) is 0 Å². The van der Waals surface area contributed by atoms with Gasteiger partial charge in [-0.2, -0.15) is 11.8 Å². The lowest BCUT2D eigenvalue weighted by molar-refractivity contribution is 0.542. The quantitative estimate of drug-likeness (QED) is 0.824. The Bertz CT molecular complexity index is 528. The zero-order valence-corrected chi connectivity index (χ0v) is 14.3. The van der Waals surface area contributed by atoms with Crippen LogP contribution in [0, 0.1) is 0 Å². The Morgan fingerprint density at radius 2 is 2.11 bits per heavy atom. The first kappa shape index (κ1) is 14.8. The molecule has 18 heavy (non-hydrogen) atoms. The van der Waals surface area contributed by atoms with Crippen LogP contribution in [0.1, 0.15) is 12.8 Å². The second-order valence-corrected chi connectivity index (χ2v) is 8.71. The van der Waals surface area contributed by atoms with Gasteiger partial charge in [0.25, 0.3) is 0 Å². The first-order valence-corrected chi connectivity index (χ1v) is 9.76. The minimum atomic E-state index is -3.45. The van der Waals surface area contributed by atoms with Gasteiger partial charge in [-0.05, 0) is 52.7 Å². The van der Waals surface area contributed by atoms with Gasteiger partial charge >= 0.3 is 0 Å². The molecule has 100 valence electrons. The maximum atomic E-state index is 12.3. The highest BCUT2D eigenvalue weighted by atomic mass is 79.9. The summed E-state index contributed by atoms with van der Waals surface area (Å²) in [5, 5.41) is 0. The number of hydrogen-bond donors (Lipinski definition) is 1. The average Bonchev–Trinajstić information content (AvgIpc) is 2.33. The summed E-state index contributed by atoms with van der Waals surface area (Å²) in [4.78, 5) is 0.285. The fraction of sp³-hybridized carbons (Fsp3) is 0.455. The van der Waals surface area contributed by atoms with Crippen molar-refractivity contribution in [3.8, 4) is 0 Å². The molecule has 1 aromatic carbocycles. The molecule has 0 aliphatic carbocycles. The molecule has 7 heteroatoms. The van der Waals surface area contributed by atoms with Crippen LogP contribution in [0.15, 0.2) is 32.0 Å². The van der Waals surface area contributed by atoms with Crippen molar-refractivity contribution in [2.24, 2.45) is 0 Å². The Kier molecular flexibility index (Phi) is 5.16. The molecule has 0 amide bonds. The standard InChI is InChI=1S/C11H13Br2NO2S2/c12-8-3-4-10(13)11(6-8)18(15,16)14-9-2-1-5-17-7-9/h3-4,6,9,14H,1-2,5,7H2. The summed E-state index contributed by atoms with van der Waals surface area (Å²) in [7, 11) is -3.45. The summed E-state index contributed by atoms with van der Waals surface area (Å²) in [6, 6.07) is 5.19. The average molecular weight is 415 g/mol. The summed E-state index contributed by atoms with van der Waals surface area (Å²) < 4.78 is 28.7. The number of rotatable bonds is 3. The van der Waals surface area contributed by atoms with Gasteiger partial charge in [-0.1, -0.05) is 15.9 Å². The van der Waals surface area contributed by atoms with Gasteiger partial charge < -0.3 is 0 Å². The Labute approximate surface area is 128 Å². The highest BCUT2D eigenvalue weighted by Gasteiger charge is 2.23. The summed E-state index contributed by atoms with van der Waals surface area (Å²) in [5.41, 5.74) is 0. The third-order valence-corrected chi connectivity index (χ3v) is 6.89. The van der Waals surface area contributed by atoms with Crippen molar-refractivity contribution >= 4 is 53.6 Å². The lowest BCUT2D eigenvalue weighted by Crippen LogP contribution is -2.38. The van der Waals surface area contributed by atoms with Gasteiger partial charge in [0.1, 0.15) is 0 Å². The van der Waals surface area contributed by atoms with Crippen LogP contribution in [0.5, 0.6) is 0 Å². The van der Waals surface area contributed by atoms with Crippen molar-refractivity contribution in [3.63, 3.8) is 0 Å². The van der Waals surface area contributed by atoms with Crippen LogP contribution >= 0.6 is 43.6 Å². The van der Waals surface area contributed by atoms with E-state index in [0.717, 1.165) is 28.8 Å². The Hall–Kier alpha value is 0.440. The smallest absolute Gasteiger partial charge is 0.207 e. The fourth-order valence-electron chi connectivity index (χ4n) is 1.80. The van der Waals surface area contributed by atoms with Gasteiger partial charge in [0, 0.05) is 20.7 Å². The summed E-state index contributed by atoms with van der Waals surface area (Å²) in [6.07, 6.45) is 1.98. The van der Waals surface area contributed by atoms with Crippen LogP contribution in [-0.2, 0) is 10.0 Å². The van der Waals surface area contributed by atoms with Crippen molar-refractivity contribution in [3.05, 3.63) is 27.1 Å². The molecule has 1 N–H and O–H groups in total. The van der Waals surface area contributed by atoms with Crippen molar-refractivity contribution in [2.45, 2.75) is 23.8 Å². The number of nitrogens with one attached hydrogen (secondary N) is 1. The number of thioether (sulfide) groups is 1. The van der Waals surface area contributed by atoms with E-state index in [4.69, 9.17) is 0 Å². The number of sulfonamides is 1. The Balaban J connectivity index is 2.21. The van der Waals surface area contributed by atoms with Gasteiger partial charge in [-0.25, -0.2) is 13.1 Å². The molecular weight excluding hydrogens is 402 g/mol. The zero-order chi connectivity index (χ0) is 13.2. The molecule has 3 nitrogen and oxygen atoms in total. The van der Waals surface area contributed by atoms with Gasteiger partial charge in [-0.3, -0.25) is 0 Å². The van der Waals surface area contributed by atoms with E-state index in [0.29, 0.717) is 4.47 Å². The van der Waals surface area contributed by atoms with Gasteiger partial charge in [0.2, 0.25) is 10.0 Å². The molecule has 2 rings (SSSR count). The van der Waals surface area contributed by atoms with Crippen LogP contribution in [0.2, 0.25) is 0 Å². The number of halogens is 2. The van der Waals surface area contributed by atoms with Crippen LogP contribution < -0.4 is 4.72 Å².